The highest BCUT2D eigenvalue weighted by molar-refractivity contribution is 5.94. The molecule has 0 aliphatic rings. The molecule has 1 rings (SSSR count). The average molecular weight is 469 g/mol. The van der Waals surface area contributed by atoms with E-state index in [0.29, 0.717) is 12.1 Å². The molecule has 3 amide bonds. The topological polar surface area (TPSA) is 200 Å². The third-order valence-corrected chi connectivity index (χ3v) is 5.42. The fourth-order valence-corrected chi connectivity index (χ4v) is 3.09. The first-order valence-electron chi connectivity index (χ1n) is 10.9. The third-order valence-electron chi connectivity index (χ3n) is 5.42. The number of nitrogens with zero attached hydrogens (tertiary/aromatic N) is 1. The standard InChI is InChI=1S/C21H36N6O6/c1-6-11(4)16(26-18(29)14(22)7-13-8-23-9-24-13)19(30)27-17(12(5)28)20(31)25-15(10(2)3)21(32)33/h8-12,14-17,28H,6-7,22H2,1-5H3,(H,23,24)(H,25,31)(H,26,29)(H,27,30)(H,32,33). The van der Waals surface area contributed by atoms with Gasteiger partial charge in [0.05, 0.1) is 18.5 Å². The van der Waals surface area contributed by atoms with Gasteiger partial charge in [-0.05, 0) is 18.8 Å². The van der Waals surface area contributed by atoms with Crippen LogP contribution >= 0.6 is 0 Å². The molecule has 1 heterocycles. The minimum absolute atomic E-state index is 0.186. The van der Waals surface area contributed by atoms with Gasteiger partial charge in [-0.3, -0.25) is 14.4 Å². The zero-order valence-corrected chi connectivity index (χ0v) is 19.7. The van der Waals surface area contributed by atoms with Crippen LogP contribution in [-0.4, -0.2) is 74.1 Å². The van der Waals surface area contributed by atoms with Crippen molar-refractivity contribution in [2.75, 3.05) is 0 Å². The van der Waals surface area contributed by atoms with Crippen molar-refractivity contribution >= 4 is 23.7 Å². The molecule has 1 aromatic heterocycles. The minimum Gasteiger partial charge on any atom is -0.480 e. The van der Waals surface area contributed by atoms with E-state index >= 15 is 0 Å². The van der Waals surface area contributed by atoms with E-state index in [0.717, 1.165) is 0 Å². The summed E-state index contributed by atoms with van der Waals surface area (Å²) in [5, 5.41) is 26.8. The fourth-order valence-electron chi connectivity index (χ4n) is 3.09. The van der Waals surface area contributed by atoms with Crippen molar-refractivity contribution in [1.29, 1.82) is 0 Å². The molecule has 8 N–H and O–H groups in total. The Kier molecular flexibility index (Phi) is 11.0. The number of carboxylic acid groups (broad SMARTS) is 1. The second-order valence-electron chi connectivity index (χ2n) is 8.55. The van der Waals surface area contributed by atoms with Gasteiger partial charge in [-0.25, -0.2) is 9.78 Å². The summed E-state index contributed by atoms with van der Waals surface area (Å²) in [7, 11) is 0. The molecule has 0 saturated carbocycles. The second-order valence-corrected chi connectivity index (χ2v) is 8.55. The lowest BCUT2D eigenvalue weighted by atomic mass is 9.96. The number of aromatic amines is 1. The summed E-state index contributed by atoms with van der Waals surface area (Å²) in [5.74, 6) is -4.05. The Morgan fingerprint density at radius 1 is 1.00 bits per heavy atom. The smallest absolute Gasteiger partial charge is 0.326 e. The lowest BCUT2D eigenvalue weighted by Gasteiger charge is -2.29. The van der Waals surface area contributed by atoms with Crippen molar-refractivity contribution in [2.24, 2.45) is 17.6 Å². The number of carboxylic acids is 1. The fraction of sp³-hybridized carbons (Fsp3) is 0.667. The molecule has 0 bridgehead atoms. The number of carbonyl (C=O) groups excluding carboxylic acids is 3. The average Bonchev–Trinajstić information content (AvgIpc) is 3.25. The van der Waals surface area contributed by atoms with Crippen molar-refractivity contribution in [2.45, 2.75) is 77.7 Å². The van der Waals surface area contributed by atoms with Crippen LogP contribution in [0.4, 0.5) is 0 Å². The lowest BCUT2D eigenvalue weighted by Crippen LogP contribution is -2.61. The minimum atomic E-state index is -1.42. The van der Waals surface area contributed by atoms with E-state index in [-0.39, 0.29) is 12.3 Å². The number of aliphatic hydroxyl groups is 1. The molecule has 0 fully saturated rings. The van der Waals surface area contributed by atoms with E-state index in [1.807, 2.05) is 6.92 Å². The normalized spacial score (nSPS) is 16.7. The number of imidazole rings is 1. The van der Waals surface area contributed by atoms with Crippen molar-refractivity contribution in [3.63, 3.8) is 0 Å². The Labute approximate surface area is 193 Å². The SMILES string of the molecule is CCC(C)C(NC(=O)C(N)Cc1cnc[nH]1)C(=O)NC(C(=O)NC(C(=O)O)C(C)C)C(C)O. The summed E-state index contributed by atoms with van der Waals surface area (Å²) >= 11 is 0. The van der Waals surface area contributed by atoms with Crippen LogP contribution in [0.2, 0.25) is 0 Å². The van der Waals surface area contributed by atoms with Gasteiger partial charge in [-0.15, -0.1) is 0 Å². The van der Waals surface area contributed by atoms with Gasteiger partial charge in [0.25, 0.3) is 0 Å². The number of aliphatic carboxylic acids is 1. The summed E-state index contributed by atoms with van der Waals surface area (Å²) in [6.07, 6.45) is 2.41. The summed E-state index contributed by atoms with van der Waals surface area (Å²) in [6, 6.07) is -4.57. The number of rotatable bonds is 13. The number of nitrogens with one attached hydrogen (secondary N) is 4. The number of H-pyrrole nitrogens is 1. The maximum atomic E-state index is 13.0. The number of hydrogen-bond acceptors (Lipinski definition) is 7. The van der Waals surface area contributed by atoms with Crippen molar-refractivity contribution in [3.05, 3.63) is 18.2 Å². The molecule has 0 aromatic carbocycles. The van der Waals surface area contributed by atoms with Crippen LogP contribution in [0.1, 0.15) is 46.7 Å². The van der Waals surface area contributed by atoms with E-state index in [1.165, 1.54) is 13.3 Å². The van der Waals surface area contributed by atoms with E-state index in [1.54, 1.807) is 27.0 Å². The molecule has 0 spiro atoms. The van der Waals surface area contributed by atoms with Gasteiger partial charge in [0.1, 0.15) is 18.1 Å². The third kappa shape index (κ3) is 8.46. The Bertz CT molecular complexity index is 797. The van der Waals surface area contributed by atoms with Gasteiger partial charge in [0.2, 0.25) is 17.7 Å². The van der Waals surface area contributed by atoms with Gasteiger partial charge in [-0.1, -0.05) is 34.1 Å². The van der Waals surface area contributed by atoms with Crippen LogP contribution in [0, 0.1) is 11.8 Å². The molecule has 0 saturated heterocycles. The summed E-state index contributed by atoms with van der Waals surface area (Å²) in [5.41, 5.74) is 6.61. The van der Waals surface area contributed by atoms with Crippen molar-refractivity contribution in [3.8, 4) is 0 Å². The molecule has 33 heavy (non-hydrogen) atoms. The first-order valence-corrected chi connectivity index (χ1v) is 10.9. The number of hydrogen-bond donors (Lipinski definition) is 7. The summed E-state index contributed by atoms with van der Waals surface area (Å²) in [4.78, 5) is 56.4. The number of amides is 3. The monoisotopic (exact) mass is 468 g/mol. The van der Waals surface area contributed by atoms with Gasteiger partial charge in [0.15, 0.2) is 0 Å². The Hall–Kier alpha value is -2.99. The van der Waals surface area contributed by atoms with E-state index < -0.39 is 59.9 Å². The summed E-state index contributed by atoms with van der Waals surface area (Å²) < 4.78 is 0. The highest BCUT2D eigenvalue weighted by atomic mass is 16.4. The van der Waals surface area contributed by atoms with Crippen molar-refractivity contribution < 1.29 is 29.4 Å². The van der Waals surface area contributed by atoms with Gasteiger partial charge >= 0.3 is 5.97 Å². The number of carbonyl (C=O) groups is 4. The van der Waals surface area contributed by atoms with Crippen LogP contribution in [0.15, 0.2) is 12.5 Å². The van der Waals surface area contributed by atoms with Gasteiger partial charge < -0.3 is 36.9 Å². The molecule has 0 aliphatic heterocycles. The zero-order chi connectivity index (χ0) is 25.3. The van der Waals surface area contributed by atoms with Crippen LogP contribution in [-0.2, 0) is 25.6 Å². The number of aromatic nitrogens is 2. The number of nitrogens with two attached hydrogens (primary N) is 1. The molecule has 12 nitrogen and oxygen atoms in total. The highest BCUT2D eigenvalue weighted by Gasteiger charge is 2.35. The predicted molar refractivity (Wildman–Crippen MR) is 120 cm³/mol. The predicted octanol–water partition coefficient (Wildman–Crippen LogP) is -1.10. The lowest BCUT2D eigenvalue weighted by molar-refractivity contribution is -0.144. The second kappa shape index (κ2) is 12.9. The molecule has 1 aromatic rings. The van der Waals surface area contributed by atoms with Crippen LogP contribution < -0.4 is 21.7 Å². The van der Waals surface area contributed by atoms with E-state index in [9.17, 15) is 29.4 Å². The molecule has 6 atom stereocenters. The Morgan fingerprint density at radius 2 is 1.55 bits per heavy atom. The molecule has 0 aliphatic carbocycles. The maximum absolute atomic E-state index is 13.0. The van der Waals surface area contributed by atoms with Crippen LogP contribution in [0.25, 0.3) is 0 Å². The largest absolute Gasteiger partial charge is 0.480 e. The first kappa shape index (κ1) is 28.0. The van der Waals surface area contributed by atoms with Crippen LogP contribution in [0.3, 0.4) is 0 Å². The summed E-state index contributed by atoms with van der Waals surface area (Å²) in [6.45, 7) is 8.13. The zero-order valence-electron chi connectivity index (χ0n) is 19.7. The molecular formula is C21H36N6O6. The van der Waals surface area contributed by atoms with Crippen LogP contribution in [0.5, 0.6) is 0 Å². The molecule has 186 valence electrons. The van der Waals surface area contributed by atoms with E-state index in [2.05, 4.69) is 25.9 Å². The van der Waals surface area contributed by atoms with Gasteiger partial charge in [-0.2, -0.15) is 0 Å². The Morgan fingerprint density at radius 3 is 2.00 bits per heavy atom. The molecule has 12 heteroatoms. The highest BCUT2D eigenvalue weighted by Crippen LogP contribution is 2.10. The number of aliphatic hydroxyl groups excluding tert-OH is 1. The molecular weight excluding hydrogens is 432 g/mol. The van der Waals surface area contributed by atoms with Crippen molar-refractivity contribution in [1.82, 2.24) is 25.9 Å². The maximum Gasteiger partial charge on any atom is 0.326 e. The Balaban J connectivity index is 2.93. The first-order chi connectivity index (χ1) is 15.4. The molecule has 6 unspecified atom stereocenters. The van der Waals surface area contributed by atoms with E-state index in [4.69, 9.17) is 5.73 Å². The molecule has 0 radical (unpaired) electrons. The quantitative estimate of drug-likeness (QED) is 0.189. The van der Waals surface area contributed by atoms with Gasteiger partial charge in [0, 0.05) is 18.3 Å².